The van der Waals surface area contributed by atoms with Crippen molar-refractivity contribution in [1.29, 1.82) is 0 Å². The number of hydrogen-bond acceptors (Lipinski definition) is 4. The first-order chi connectivity index (χ1) is 8.01. The van der Waals surface area contributed by atoms with Crippen molar-refractivity contribution >= 4 is 30.3 Å². The van der Waals surface area contributed by atoms with E-state index < -0.39 is 23.9 Å². The zero-order valence-corrected chi connectivity index (χ0v) is 11.3. The van der Waals surface area contributed by atoms with Crippen molar-refractivity contribution in [3.8, 4) is 0 Å². The minimum atomic E-state index is -1.00. The van der Waals surface area contributed by atoms with Crippen LogP contribution in [0, 0.1) is 0 Å². The van der Waals surface area contributed by atoms with Gasteiger partial charge in [0.1, 0.15) is 6.04 Å². The summed E-state index contributed by atoms with van der Waals surface area (Å²) in [6.45, 7) is 3.80. The third kappa shape index (κ3) is 8.77. The fourth-order valence-corrected chi connectivity index (χ4v) is 1.19. The molecule has 0 fully saturated rings. The van der Waals surface area contributed by atoms with Gasteiger partial charge in [-0.05, 0) is 13.3 Å². The van der Waals surface area contributed by atoms with Crippen molar-refractivity contribution in [2.45, 2.75) is 32.7 Å². The Morgan fingerprint density at radius 3 is 2.28 bits per heavy atom. The van der Waals surface area contributed by atoms with Crippen molar-refractivity contribution < 1.29 is 19.5 Å². The van der Waals surface area contributed by atoms with E-state index in [1.807, 2.05) is 6.92 Å². The summed E-state index contributed by atoms with van der Waals surface area (Å²) in [6, 6.07) is -1.35. The molecule has 0 saturated heterocycles. The Hall–Kier alpha value is -1.34. The largest absolute Gasteiger partial charge is 0.480 e. The number of imide groups is 1. The third-order valence-corrected chi connectivity index (χ3v) is 1.97. The Balaban J connectivity index is 0. The molecule has 0 aromatic heterocycles. The van der Waals surface area contributed by atoms with Gasteiger partial charge in [0.15, 0.2) is 0 Å². The van der Waals surface area contributed by atoms with Crippen molar-refractivity contribution in [3.05, 3.63) is 0 Å². The summed E-state index contributed by atoms with van der Waals surface area (Å²) < 4.78 is 0. The van der Waals surface area contributed by atoms with E-state index in [1.165, 1.54) is 0 Å². The van der Waals surface area contributed by atoms with Gasteiger partial charge in [-0.15, -0.1) is 12.4 Å². The number of nitrogens with one attached hydrogen (secondary N) is 3. The van der Waals surface area contributed by atoms with E-state index in [1.54, 1.807) is 6.92 Å². The van der Waals surface area contributed by atoms with Crippen LogP contribution < -0.4 is 16.0 Å². The van der Waals surface area contributed by atoms with Crippen LogP contribution >= 0.6 is 12.4 Å². The summed E-state index contributed by atoms with van der Waals surface area (Å²) >= 11 is 0. The average molecular weight is 282 g/mol. The first-order valence-corrected chi connectivity index (χ1v) is 5.55. The van der Waals surface area contributed by atoms with E-state index in [-0.39, 0.29) is 19.0 Å². The summed E-state index contributed by atoms with van der Waals surface area (Å²) in [4.78, 5) is 33.0. The van der Waals surface area contributed by atoms with E-state index in [2.05, 4.69) is 16.0 Å². The molecular formula is C10H20ClN3O4. The third-order valence-electron chi connectivity index (χ3n) is 1.97. The van der Waals surface area contributed by atoms with Crippen LogP contribution in [0.2, 0.25) is 0 Å². The monoisotopic (exact) mass is 281 g/mol. The molecular weight excluding hydrogens is 262 g/mol. The van der Waals surface area contributed by atoms with Gasteiger partial charge in [-0.2, -0.15) is 0 Å². The maximum Gasteiger partial charge on any atom is 0.321 e. The normalized spacial score (nSPS) is 11.0. The highest BCUT2D eigenvalue weighted by atomic mass is 35.5. The number of halogens is 1. The molecule has 0 aromatic rings. The number of carboxylic acids is 1. The number of carboxylic acid groups (broad SMARTS) is 1. The standard InChI is InChI=1S/C10H19N3O4.ClH/c1-3-5-7(9(15)16)12-6-8(14)13-10(17)11-4-2;/h7,12H,3-6H2,1-2H3,(H,15,16)(H2,11,13,14,17);1H. The highest BCUT2D eigenvalue weighted by Gasteiger charge is 2.17. The van der Waals surface area contributed by atoms with Gasteiger partial charge in [-0.3, -0.25) is 20.2 Å². The summed E-state index contributed by atoms with van der Waals surface area (Å²) in [5, 5.41) is 15.9. The predicted molar refractivity (Wildman–Crippen MR) is 68.8 cm³/mol. The lowest BCUT2D eigenvalue weighted by atomic mass is 10.2. The summed E-state index contributed by atoms with van der Waals surface area (Å²) in [7, 11) is 0. The van der Waals surface area contributed by atoms with Crippen molar-refractivity contribution in [2.24, 2.45) is 0 Å². The first kappa shape index (κ1) is 19.0. The molecule has 18 heavy (non-hydrogen) atoms. The molecule has 0 spiro atoms. The van der Waals surface area contributed by atoms with Crippen LogP contribution in [0.15, 0.2) is 0 Å². The van der Waals surface area contributed by atoms with Crippen molar-refractivity contribution in [3.63, 3.8) is 0 Å². The average Bonchev–Trinajstić information content (AvgIpc) is 2.23. The zero-order valence-electron chi connectivity index (χ0n) is 10.5. The Labute approximate surface area is 112 Å². The van der Waals surface area contributed by atoms with Crippen molar-refractivity contribution in [1.82, 2.24) is 16.0 Å². The number of carbonyl (C=O) groups excluding carboxylic acids is 2. The van der Waals surface area contributed by atoms with Gasteiger partial charge >= 0.3 is 12.0 Å². The Morgan fingerprint density at radius 1 is 1.22 bits per heavy atom. The predicted octanol–water partition coefficient (Wildman–Crippen LogP) is 0.0968. The zero-order chi connectivity index (χ0) is 13.3. The van der Waals surface area contributed by atoms with Gasteiger partial charge < -0.3 is 10.4 Å². The maximum atomic E-state index is 11.2. The number of urea groups is 1. The lowest BCUT2D eigenvalue weighted by molar-refractivity contribution is -0.139. The molecule has 8 heteroatoms. The number of aliphatic carboxylic acids is 1. The number of amides is 3. The van der Waals surface area contributed by atoms with E-state index in [0.29, 0.717) is 19.4 Å². The SMILES string of the molecule is CCCC(NCC(=O)NC(=O)NCC)C(=O)O.Cl. The Kier molecular flexibility index (Phi) is 11.4. The van der Waals surface area contributed by atoms with Crippen LogP contribution in [-0.4, -0.2) is 42.1 Å². The molecule has 0 heterocycles. The van der Waals surface area contributed by atoms with Crippen LogP contribution in [0.4, 0.5) is 4.79 Å². The van der Waals surface area contributed by atoms with E-state index >= 15 is 0 Å². The highest BCUT2D eigenvalue weighted by Crippen LogP contribution is 1.95. The molecule has 4 N–H and O–H groups in total. The quantitative estimate of drug-likeness (QED) is 0.529. The second kappa shape index (κ2) is 10.8. The molecule has 3 amide bonds. The topological polar surface area (TPSA) is 108 Å². The lowest BCUT2D eigenvalue weighted by Gasteiger charge is -2.12. The van der Waals surface area contributed by atoms with Crippen LogP contribution in [0.3, 0.4) is 0 Å². The highest BCUT2D eigenvalue weighted by molar-refractivity contribution is 5.95. The minimum absolute atomic E-state index is 0. The van der Waals surface area contributed by atoms with E-state index in [9.17, 15) is 14.4 Å². The second-order valence-electron chi connectivity index (χ2n) is 3.47. The summed E-state index contributed by atoms with van der Waals surface area (Å²) in [6.07, 6.45) is 1.13. The molecule has 0 aliphatic heterocycles. The van der Waals surface area contributed by atoms with Crippen LogP contribution in [0.5, 0.6) is 0 Å². The van der Waals surface area contributed by atoms with E-state index in [0.717, 1.165) is 0 Å². The van der Waals surface area contributed by atoms with Gasteiger partial charge in [-0.25, -0.2) is 4.79 Å². The molecule has 0 aromatic carbocycles. The molecule has 1 unspecified atom stereocenters. The van der Waals surface area contributed by atoms with Crippen LogP contribution in [-0.2, 0) is 9.59 Å². The summed E-state index contributed by atoms with van der Waals surface area (Å²) in [5.41, 5.74) is 0. The number of carbonyl (C=O) groups is 3. The maximum absolute atomic E-state index is 11.2. The Bertz CT molecular complexity index is 286. The first-order valence-electron chi connectivity index (χ1n) is 5.55. The molecule has 0 aliphatic carbocycles. The summed E-state index contributed by atoms with van der Waals surface area (Å²) in [5.74, 6) is -1.56. The minimum Gasteiger partial charge on any atom is -0.480 e. The number of rotatable bonds is 7. The molecule has 0 saturated carbocycles. The van der Waals surface area contributed by atoms with Gasteiger partial charge in [-0.1, -0.05) is 13.3 Å². The van der Waals surface area contributed by atoms with Crippen LogP contribution in [0.1, 0.15) is 26.7 Å². The molecule has 1 atom stereocenters. The van der Waals surface area contributed by atoms with Gasteiger partial charge in [0, 0.05) is 6.54 Å². The molecule has 0 rings (SSSR count). The molecule has 0 aliphatic rings. The lowest BCUT2D eigenvalue weighted by Crippen LogP contribution is -2.47. The van der Waals surface area contributed by atoms with Gasteiger partial charge in [0.05, 0.1) is 6.54 Å². The smallest absolute Gasteiger partial charge is 0.321 e. The van der Waals surface area contributed by atoms with Gasteiger partial charge in [0.2, 0.25) is 5.91 Å². The van der Waals surface area contributed by atoms with Crippen LogP contribution in [0.25, 0.3) is 0 Å². The van der Waals surface area contributed by atoms with E-state index in [4.69, 9.17) is 5.11 Å². The molecule has 7 nitrogen and oxygen atoms in total. The van der Waals surface area contributed by atoms with Crippen molar-refractivity contribution in [2.75, 3.05) is 13.1 Å². The number of hydrogen-bond donors (Lipinski definition) is 4. The van der Waals surface area contributed by atoms with Gasteiger partial charge in [0.25, 0.3) is 0 Å². The molecule has 0 bridgehead atoms. The molecule has 0 radical (unpaired) electrons. The second-order valence-corrected chi connectivity index (χ2v) is 3.47. The molecule has 106 valence electrons. The fourth-order valence-electron chi connectivity index (χ4n) is 1.19. The fraction of sp³-hybridized carbons (Fsp3) is 0.700. The Morgan fingerprint density at radius 2 is 1.83 bits per heavy atom.